The number of carbonyl (C=O) groups excluding carboxylic acids is 1. The van der Waals surface area contributed by atoms with Crippen LogP contribution in [0.25, 0.3) is 0 Å². The number of amides is 1. The first kappa shape index (κ1) is 27.1. The van der Waals surface area contributed by atoms with Gasteiger partial charge in [-0.05, 0) is 43.2 Å². The Balaban J connectivity index is 1.47. The van der Waals surface area contributed by atoms with Crippen molar-refractivity contribution in [2.45, 2.75) is 82.0 Å². The van der Waals surface area contributed by atoms with E-state index in [1.54, 1.807) is 4.90 Å². The van der Waals surface area contributed by atoms with Crippen LogP contribution in [0.1, 0.15) is 55.8 Å². The molecule has 12 heteroatoms. The molecule has 2 aliphatic heterocycles. The van der Waals surface area contributed by atoms with Crippen LogP contribution < -0.4 is 5.32 Å². The molecule has 1 aromatic rings. The Bertz CT molecular complexity index is 956. The van der Waals surface area contributed by atoms with E-state index in [2.05, 4.69) is 10.3 Å². The first-order valence-corrected chi connectivity index (χ1v) is 12.3. The highest BCUT2D eigenvalue weighted by molar-refractivity contribution is 5.80. The van der Waals surface area contributed by atoms with Crippen molar-refractivity contribution >= 4 is 5.91 Å². The Hall–Kier alpha value is -1.92. The normalized spacial score (nSPS) is 31.4. The van der Waals surface area contributed by atoms with E-state index >= 15 is 0 Å². The van der Waals surface area contributed by atoms with E-state index in [-0.39, 0.29) is 31.4 Å². The van der Waals surface area contributed by atoms with Gasteiger partial charge >= 0.3 is 12.4 Å². The predicted octanol–water partition coefficient (Wildman–Crippen LogP) is 3.85. The molecule has 1 aliphatic carbocycles. The smallest absolute Gasteiger partial charge is 0.378 e. The molecule has 6 nitrogen and oxygen atoms in total. The Morgan fingerprint density at radius 1 is 1.28 bits per heavy atom. The van der Waals surface area contributed by atoms with Gasteiger partial charge in [0.1, 0.15) is 0 Å². The zero-order valence-electron chi connectivity index (χ0n) is 20.0. The van der Waals surface area contributed by atoms with Gasteiger partial charge in [0.25, 0.3) is 0 Å². The number of aromatic nitrogens is 1. The number of ether oxygens (including phenoxy) is 1. The maximum Gasteiger partial charge on any atom is 0.421 e. The molecule has 2 N–H and O–H groups in total. The van der Waals surface area contributed by atoms with Gasteiger partial charge in [-0.1, -0.05) is 13.3 Å². The molecule has 1 saturated carbocycles. The molecule has 1 saturated heterocycles. The van der Waals surface area contributed by atoms with Crippen molar-refractivity contribution in [3.8, 4) is 0 Å². The van der Waals surface area contributed by atoms with Crippen molar-refractivity contribution in [2.75, 3.05) is 19.8 Å². The van der Waals surface area contributed by atoms with Gasteiger partial charge in [0.15, 0.2) is 5.60 Å². The number of fused-ring (bicyclic) bond motifs is 1. The van der Waals surface area contributed by atoms with Crippen LogP contribution in [-0.4, -0.2) is 64.5 Å². The molecule has 0 radical (unpaired) electrons. The van der Waals surface area contributed by atoms with Crippen LogP contribution in [0.15, 0.2) is 12.3 Å². The molecule has 0 aromatic carbocycles. The molecule has 36 heavy (non-hydrogen) atoms. The number of hydrogen-bond acceptors (Lipinski definition) is 5. The largest absolute Gasteiger partial charge is 0.421 e. The fourth-order valence-corrected chi connectivity index (χ4v) is 5.81. The van der Waals surface area contributed by atoms with Crippen molar-refractivity contribution < 1.29 is 41.0 Å². The molecule has 202 valence electrons. The van der Waals surface area contributed by atoms with Crippen molar-refractivity contribution in [1.29, 1.82) is 0 Å². The maximum absolute atomic E-state index is 13.6. The lowest BCUT2D eigenvalue weighted by atomic mass is 9.89. The van der Waals surface area contributed by atoms with Gasteiger partial charge in [0.05, 0.1) is 12.2 Å². The summed E-state index contributed by atoms with van der Waals surface area (Å²) in [4.78, 5) is 19.0. The summed E-state index contributed by atoms with van der Waals surface area (Å²) >= 11 is 0. The number of aliphatic hydroxyl groups is 1. The van der Waals surface area contributed by atoms with Crippen molar-refractivity contribution in [3.05, 3.63) is 29.1 Å². The molecule has 3 unspecified atom stereocenters. The van der Waals surface area contributed by atoms with Crippen LogP contribution in [-0.2, 0) is 28.7 Å². The van der Waals surface area contributed by atoms with Gasteiger partial charge in [-0.2, -0.15) is 26.3 Å². The second kappa shape index (κ2) is 10.1. The summed E-state index contributed by atoms with van der Waals surface area (Å²) in [5.41, 5.74) is -2.97. The van der Waals surface area contributed by atoms with Gasteiger partial charge in [-0.15, -0.1) is 0 Å². The lowest BCUT2D eigenvalue weighted by molar-refractivity contribution is -0.297. The minimum Gasteiger partial charge on any atom is -0.378 e. The summed E-state index contributed by atoms with van der Waals surface area (Å²) < 4.78 is 85.2. The quantitative estimate of drug-likeness (QED) is 0.574. The van der Waals surface area contributed by atoms with Crippen molar-refractivity contribution in [3.63, 3.8) is 0 Å². The highest BCUT2D eigenvalue weighted by Gasteiger charge is 2.60. The van der Waals surface area contributed by atoms with E-state index in [0.717, 1.165) is 18.7 Å². The standard InChI is InChI=1S/C24H31F6N3O3/c1-2-3-14-9-17(32-20-5-7-36-13-22(20,35)24(28,29)30)10-18(14)21(34)33-6-4-19-15(12-33)8-16(11-31-19)23(25,26)27/h8,11,14,17-18,20,32,35H,2-7,9-10,12-13H2,1H3/t14?,17-,18-,20?,22?/m1/s1. The Morgan fingerprint density at radius 2 is 2.03 bits per heavy atom. The number of pyridine rings is 1. The van der Waals surface area contributed by atoms with Gasteiger partial charge < -0.3 is 20.1 Å². The average molecular weight is 524 g/mol. The molecule has 5 atom stereocenters. The Morgan fingerprint density at radius 3 is 2.69 bits per heavy atom. The third kappa shape index (κ3) is 5.35. The van der Waals surface area contributed by atoms with Crippen molar-refractivity contribution in [1.82, 2.24) is 15.2 Å². The molecule has 1 aromatic heterocycles. The molecule has 3 aliphatic rings. The third-order valence-corrected chi connectivity index (χ3v) is 7.73. The van der Waals surface area contributed by atoms with Crippen molar-refractivity contribution in [2.24, 2.45) is 11.8 Å². The monoisotopic (exact) mass is 523 g/mol. The van der Waals surface area contributed by atoms with Gasteiger partial charge in [0, 0.05) is 56.0 Å². The molecule has 0 bridgehead atoms. The topological polar surface area (TPSA) is 74.7 Å². The Kier molecular flexibility index (Phi) is 7.60. The minimum absolute atomic E-state index is 0.0129. The maximum atomic E-state index is 13.6. The lowest BCUT2D eigenvalue weighted by Crippen LogP contribution is -2.66. The van der Waals surface area contributed by atoms with E-state index in [1.807, 2.05) is 6.92 Å². The van der Waals surface area contributed by atoms with E-state index in [4.69, 9.17) is 4.74 Å². The summed E-state index contributed by atoms with van der Waals surface area (Å²) in [6.07, 6.45) is -5.99. The summed E-state index contributed by atoms with van der Waals surface area (Å²) in [7, 11) is 0. The number of nitrogens with one attached hydrogen (secondary N) is 1. The summed E-state index contributed by atoms with van der Waals surface area (Å²) in [5.74, 6) is -0.722. The average Bonchev–Trinajstić information content (AvgIpc) is 3.20. The number of alkyl halides is 6. The first-order valence-electron chi connectivity index (χ1n) is 12.3. The number of hydrogen-bond donors (Lipinski definition) is 2. The Labute approximate surface area is 205 Å². The van der Waals surface area contributed by atoms with Gasteiger partial charge in [-0.25, -0.2) is 0 Å². The lowest BCUT2D eigenvalue weighted by Gasteiger charge is -2.42. The predicted molar refractivity (Wildman–Crippen MR) is 117 cm³/mol. The van der Waals surface area contributed by atoms with Crippen LogP contribution >= 0.6 is 0 Å². The number of nitrogens with zero attached hydrogens (tertiary/aromatic N) is 2. The zero-order valence-corrected chi connectivity index (χ0v) is 20.0. The number of rotatable bonds is 5. The van der Waals surface area contributed by atoms with E-state index < -0.39 is 48.1 Å². The fraction of sp³-hybridized carbons (Fsp3) is 0.750. The van der Waals surface area contributed by atoms with E-state index in [1.165, 1.54) is 0 Å². The highest BCUT2D eigenvalue weighted by atomic mass is 19.4. The SMILES string of the molecule is CCCC1C[C@@H](NC2CCOCC2(O)C(F)(F)F)C[C@H]1C(=O)N1CCc2ncc(C(F)(F)F)cc2C1. The molecule has 0 spiro atoms. The molecule has 4 rings (SSSR count). The van der Waals surface area contributed by atoms with Crippen LogP contribution in [0, 0.1) is 11.8 Å². The second-order valence-corrected chi connectivity index (χ2v) is 10.1. The molecule has 1 amide bonds. The summed E-state index contributed by atoms with van der Waals surface area (Å²) in [5, 5.41) is 13.4. The van der Waals surface area contributed by atoms with Crippen LogP contribution in [0.5, 0.6) is 0 Å². The first-order chi connectivity index (χ1) is 16.8. The number of carbonyl (C=O) groups is 1. The van der Waals surface area contributed by atoms with Gasteiger partial charge in [0.2, 0.25) is 5.91 Å². The van der Waals surface area contributed by atoms with E-state index in [0.29, 0.717) is 43.5 Å². The molecule has 3 heterocycles. The van der Waals surface area contributed by atoms with E-state index in [9.17, 15) is 36.2 Å². The zero-order chi connectivity index (χ0) is 26.3. The third-order valence-electron chi connectivity index (χ3n) is 7.73. The summed E-state index contributed by atoms with van der Waals surface area (Å²) in [6, 6.07) is -0.614. The molecular formula is C24H31F6N3O3. The van der Waals surface area contributed by atoms with Crippen LogP contribution in [0.2, 0.25) is 0 Å². The second-order valence-electron chi connectivity index (χ2n) is 10.1. The van der Waals surface area contributed by atoms with Crippen LogP contribution in [0.3, 0.4) is 0 Å². The minimum atomic E-state index is -4.87. The summed E-state index contributed by atoms with van der Waals surface area (Å²) in [6.45, 7) is 1.55. The molecular weight excluding hydrogens is 492 g/mol. The van der Waals surface area contributed by atoms with Gasteiger partial charge in [-0.3, -0.25) is 9.78 Å². The highest BCUT2D eigenvalue weighted by Crippen LogP contribution is 2.41. The fourth-order valence-electron chi connectivity index (χ4n) is 5.81. The number of halogens is 6. The molecule has 2 fully saturated rings. The van der Waals surface area contributed by atoms with Crippen LogP contribution in [0.4, 0.5) is 26.3 Å².